The molecule has 0 radical (unpaired) electrons. The Morgan fingerprint density at radius 3 is 2.25 bits per heavy atom. The number of amides is 1. The molecule has 3 fully saturated rings. The molecule has 14 heteroatoms. The molecule has 2 bridgehead atoms. The van der Waals surface area contributed by atoms with Crippen molar-refractivity contribution in [1.29, 1.82) is 0 Å². The molecule has 14 nitrogen and oxygen atoms in total. The average molecular weight is 914 g/mol. The third-order valence-corrected chi connectivity index (χ3v) is 14.5. The first kappa shape index (κ1) is 54.2. The normalized spacial score (nSPS) is 40.4. The van der Waals surface area contributed by atoms with Crippen molar-refractivity contribution >= 4 is 29.2 Å². The van der Waals surface area contributed by atoms with Crippen molar-refractivity contribution < 1.29 is 63.0 Å². The van der Waals surface area contributed by atoms with Crippen LogP contribution in [0, 0.1) is 35.5 Å². The van der Waals surface area contributed by atoms with Gasteiger partial charge in [-0.2, -0.15) is 0 Å². The number of ether oxygens (including phenoxy) is 5. The van der Waals surface area contributed by atoms with Crippen LogP contribution in [-0.4, -0.2) is 132 Å². The lowest BCUT2D eigenvalue weighted by Gasteiger charge is -2.42. The molecule has 3 N–H and O–H groups in total. The van der Waals surface area contributed by atoms with Gasteiger partial charge >= 0.3 is 5.97 Å². The number of fused-ring (bicyclic) bond motifs is 3. The fraction of sp³-hybridized carbons (Fsp3) is 0.745. The van der Waals surface area contributed by atoms with Gasteiger partial charge in [0, 0.05) is 58.5 Å². The summed E-state index contributed by atoms with van der Waals surface area (Å²) in [4.78, 5) is 71.8. The van der Waals surface area contributed by atoms with E-state index in [1.807, 2.05) is 58.1 Å². The van der Waals surface area contributed by atoms with Crippen molar-refractivity contribution in [2.75, 3.05) is 27.9 Å². The molecule has 3 aliphatic heterocycles. The fourth-order valence-electron chi connectivity index (χ4n) is 10.1. The molecule has 0 aromatic carbocycles. The molecule has 2 saturated heterocycles. The summed E-state index contributed by atoms with van der Waals surface area (Å²) in [6, 6.07) is -1.14. The van der Waals surface area contributed by atoms with Crippen LogP contribution in [0.15, 0.2) is 47.6 Å². The van der Waals surface area contributed by atoms with Gasteiger partial charge in [-0.25, -0.2) is 4.79 Å². The third kappa shape index (κ3) is 14.3. The standard InChI is InChI=1S/C51H79NO13/c1-30-16-12-11-13-17-31(2)42(61-8)28-38-21-19-36(7)51(60,65-38)48(57)49(58)52-23-15-14-18-39(52)50(59)64-43(33(4)26-37-20-22-40(53)44(27-37)62-9)29-41(54)32(3)25-35(6)46(56)47(63-10)45(55)34(5)24-30/h11-13,16-17,25,30,32-34,36-40,42-44,46-47,53,56,60H,14-15,18-24,26-29H2,1-10H3/b13-11+,16-12+,31-17-,35-25+/t30-,32-,33?,34-,36-,37?,38+,39+,40-,42+,43+,44-,46-,47+,51-/m1/s1. The number of carbonyl (C=O) groups is 5. The van der Waals surface area contributed by atoms with Crippen LogP contribution in [0.4, 0.5) is 0 Å². The van der Waals surface area contributed by atoms with Gasteiger partial charge in [0.2, 0.25) is 5.79 Å². The number of hydrogen-bond donors (Lipinski definition) is 3. The molecule has 0 aromatic heterocycles. The van der Waals surface area contributed by atoms with E-state index in [9.17, 15) is 39.3 Å². The summed E-state index contributed by atoms with van der Waals surface area (Å²) in [7, 11) is 4.52. The fourth-order valence-corrected chi connectivity index (χ4v) is 10.1. The van der Waals surface area contributed by atoms with E-state index in [2.05, 4.69) is 0 Å². The van der Waals surface area contributed by atoms with Gasteiger partial charge < -0.3 is 43.9 Å². The minimum Gasteiger partial charge on any atom is -0.460 e. The molecule has 4 rings (SSSR count). The Balaban J connectivity index is 1.70. The number of cyclic esters (lactones) is 1. The Labute approximate surface area is 387 Å². The lowest BCUT2D eigenvalue weighted by atomic mass is 9.78. The summed E-state index contributed by atoms with van der Waals surface area (Å²) in [6.07, 6.45) is 11.2. The zero-order valence-electron chi connectivity index (χ0n) is 40.6. The van der Waals surface area contributed by atoms with E-state index in [0.29, 0.717) is 63.4 Å². The molecule has 2 unspecified atom stereocenters. The summed E-state index contributed by atoms with van der Waals surface area (Å²) in [6.45, 7) is 12.7. The number of piperidine rings is 1. The zero-order valence-corrected chi connectivity index (χ0v) is 40.6. The Bertz CT molecular complexity index is 1760. The molecule has 4 aliphatic rings. The Hall–Kier alpha value is -3.37. The average Bonchev–Trinajstić information content (AvgIpc) is 3.28. The second-order valence-corrected chi connectivity index (χ2v) is 19.6. The summed E-state index contributed by atoms with van der Waals surface area (Å²) < 4.78 is 29.4. The SMILES string of the molecule is CO[C@H]1C[C@@H]2CC[C@@H](C)[C@@](O)(O2)C(=O)C(=O)N2CCCC[C@H]2C(=O)O[C@H](C(C)CC2CC[C@@H](O)[C@H](OC)C2)CC(=O)[C@H](C)/C=C(\C)[C@@H](O)[C@@H](OC)C(=O)[C@H](C)C[C@H](C)/C=C/C=C/C=C\1C. The maximum absolute atomic E-state index is 14.4. The molecule has 65 heavy (non-hydrogen) atoms. The number of allylic oxidation sites excluding steroid dienone is 6. The van der Waals surface area contributed by atoms with E-state index < -0.39 is 83.9 Å². The Morgan fingerprint density at radius 1 is 0.846 bits per heavy atom. The van der Waals surface area contributed by atoms with Crippen molar-refractivity contribution in [3.63, 3.8) is 0 Å². The smallest absolute Gasteiger partial charge is 0.329 e. The van der Waals surface area contributed by atoms with E-state index in [0.717, 1.165) is 12.0 Å². The number of hydrogen-bond acceptors (Lipinski definition) is 13. The molecule has 1 amide bonds. The zero-order chi connectivity index (χ0) is 48.2. The second-order valence-electron chi connectivity index (χ2n) is 19.6. The van der Waals surface area contributed by atoms with Gasteiger partial charge in [-0.05, 0) is 107 Å². The van der Waals surface area contributed by atoms with Gasteiger partial charge in [0.15, 0.2) is 5.78 Å². The number of ketones is 3. The molecule has 0 spiro atoms. The quantitative estimate of drug-likeness (QED) is 0.156. The molecular formula is C51H79NO13. The minimum atomic E-state index is -2.43. The highest BCUT2D eigenvalue weighted by Gasteiger charge is 2.53. The van der Waals surface area contributed by atoms with Crippen molar-refractivity contribution in [2.45, 2.75) is 180 Å². The number of aliphatic hydroxyl groups is 3. The molecule has 15 atom stereocenters. The maximum Gasteiger partial charge on any atom is 0.329 e. The predicted molar refractivity (Wildman–Crippen MR) is 245 cm³/mol. The number of rotatable bonds is 6. The van der Waals surface area contributed by atoms with Crippen molar-refractivity contribution in [1.82, 2.24) is 4.90 Å². The lowest BCUT2D eigenvalue weighted by Crippen LogP contribution is -2.61. The number of carbonyl (C=O) groups excluding carboxylic acids is 5. The first-order valence-corrected chi connectivity index (χ1v) is 23.9. The Morgan fingerprint density at radius 2 is 1.57 bits per heavy atom. The van der Waals surface area contributed by atoms with Crippen molar-refractivity contribution in [2.24, 2.45) is 35.5 Å². The minimum absolute atomic E-state index is 0.0193. The van der Waals surface area contributed by atoms with Crippen LogP contribution in [0.3, 0.4) is 0 Å². The van der Waals surface area contributed by atoms with E-state index in [4.69, 9.17) is 23.7 Å². The van der Waals surface area contributed by atoms with Crippen LogP contribution < -0.4 is 0 Å². The Kier molecular flexibility index (Phi) is 21.0. The largest absolute Gasteiger partial charge is 0.460 e. The molecule has 3 heterocycles. The molecule has 366 valence electrons. The third-order valence-electron chi connectivity index (χ3n) is 14.5. The summed E-state index contributed by atoms with van der Waals surface area (Å²) in [5.74, 6) is -7.96. The van der Waals surface area contributed by atoms with Crippen LogP contribution in [-0.2, 0) is 47.7 Å². The summed E-state index contributed by atoms with van der Waals surface area (Å²) in [5.41, 5.74) is 1.27. The monoisotopic (exact) mass is 914 g/mol. The number of aliphatic hydroxyl groups excluding tert-OH is 2. The number of methoxy groups -OCH3 is 3. The van der Waals surface area contributed by atoms with Gasteiger partial charge in [0.25, 0.3) is 11.7 Å². The van der Waals surface area contributed by atoms with Crippen LogP contribution in [0.1, 0.15) is 126 Å². The van der Waals surface area contributed by atoms with Gasteiger partial charge in [-0.1, -0.05) is 71.1 Å². The highest BCUT2D eigenvalue weighted by molar-refractivity contribution is 6.39. The van der Waals surface area contributed by atoms with Gasteiger partial charge in [0.05, 0.1) is 24.4 Å². The molecular weight excluding hydrogens is 835 g/mol. The van der Waals surface area contributed by atoms with E-state index in [1.165, 1.54) is 12.0 Å². The van der Waals surface area contributed by atoms with E-state index in [1.54, 1.807) is 41.1 Å². The van der Waals surface area contributed by atoms with Crippen LogP contribution in [0.5, 0.6) is 0 Å². The lowest BCUT2D eigenvalue weighted by molar-refractivity contribution is -0.265. The van der Waals surface area contributed by atoms with Crippen molar-refractivity contribution in [3.8, 4) is 0 Å². The number of esters is 1. The maximum atomic E-state index is 14.4. The van der Waals surface area contributed by atoms with Crippen molar-refractivity contribution in [3.05, 3.63) is 47.6 Å². The number of Topliss-reactive ketones (excluding diaryl/α,β-unsaturated/α-hetero) is 3. The highest BCUT2D eigenvalue weighted by atomic mass is 16.6. The summed E-state index contributed by atoms with van der Waals surface area (Å²) >= 11 is 0. The first-order chi connectivity index (χ1) is 30.7. The van der Waals surface area contributed by atoms with E-state index in [-0.39, 0.29) is 54.8 Å². The predicted octanol–water partition coefficient (Wildman–Crippen LogP) is 6.18. The molecule has 1 saturated carbocycles. The van der Waals surface area contributed by atoms with Gasteiger partial charge in [0.1, 0.15) is 30.1 Å². The molecule has 1 aliphatic carbocycles. The summed E-state index contributed by atoms with van der Waals surface area (Å²) in [5, 5.41) is 33.8. The van der Waals surface area contributed by atoms with Gasteiger partial charge in [-0.15, -0.1) is 0 Å². The first-order valence-electron chi connectivity index (χ1n) is 23.9. The van der Waals surface area contributed by atoms with E-state index >= 15 is 0 Å². The topological polar surface area (TPSA) is 195 Å². The van der Waals surface area contributed by atoms with Crippen LogP contribution >= 0.6 is 0 Å². The highest BCUT2D eigenvalue weighted by Crippen LogP contribution is 2.38. The van der Waals surface area contributed by atoms with Crippen LogP contribution in [0.2, 0.25) is 0 Å². The second kappa shape index (κ2) is 25.1. The van der Waals surface area contributed by atoms with Gasteiger partial charge in [-0.3, -0.25) is 19.2 Å². The van der Waals surface area contributed by atoms with Crippen LogP contribution in [0.25, 0.3) is 0 Å². The number of nitrogens with zero attached hydrogens (tertiary/aromatic N) is 1. The molecule has 0 aromatic rings.